The zero-order chi connectivity index (χ0) is 13.4. The van der Waals surface area contributed by atoms with Gasteiger partial charge in [0, 0.05) is 11.4 Å². The fourth-order valence-electron chi connectivity index (χ4n) is 1.24. The molecule has 0 radical (unpaired) electrons. The van der Waals surface area contributed by atoms with E-state index in [1.165, 1.54) is 0 Å². The molecule has 0 aromatic heterocycles. The minimum atomic E-state index is -0.364. The molecule has 0 amide bonds. The zero-order valence-electron chi connectivity index (χ0n) is 10.1. The lowest BCUT2D eigenvalue weighted by atomic mass is 10.2. The van der Waals surface area contributed by atoms with Gasteiger partial charge >= 0.3 is 5.97 Å². The molecule has 0 N–H and O–H groups in total. The Morgan fingerprint density at radius 1 is 1.17 bits per heavy atom. The maximum absolute atomic E-state index is 11.4. The van der Waals surface area contributed by atoms with Gasteiger partial charge in [-0.2, -0.15) is 0 Å². The van der Waals surface area contributed by atoms with Crippen LogP contribution >= 0.6 is 11.6 Å². The van der Waals surface area contributed by atoms with Gasteiger partial charge in [-0.3, -0.25) is 9.59 Å². The Bertz CT molecular complexity index is 400. The van der Waals surface area contributed by atoms with Crippen LogP contribution in [0, 0.1) is 0 Å². The first-order chi connectivity index (χ1) is 8.61. The molecule has 0 heterocycles. The van der Waals surface area contributed by atoms with Crippen molar-refractivity contribution in [2.24, 2.45) is 0 Å². The predicted octanol–water partition coefficient (Wildman–Crippen LogP) is 2.63. The fraction of sp³-hybridized carbons (Fsp3) is 0.385. The maximum atomic E-state index is 11.4. The first-order valence-corrected chi connectivity index (χ1v) is 6.05. The molecule has 5 heteroatoms. The third-order valence-electron chi connectivity index (χ3n) is 2.13. The SMILES string of the molecule is CCOC(=O)CCC(=O)COc1ccc(Cl)cc1. The number of carbonyl (C=O) groups excluding carboxylic acids is 2. The van der Waals surface area contributed by atoms with Crippen LogP contribution in [-0.4, -0.2) is 25.0 Å². The van der Waals surface area contributed by atoms with Crippen LogP contribution in [0.5, 0.6) is 5.75 Å². The monoisotopic (exact) mass is 270 g/mol. The number of benzene rings is 1. The molecule has 0 fully saturated rings. The van der Waals surface area contributed by atoms with Crippen molar-refractivity contribution in [2.75, 3.05) is 13.2 Å². The van der Waals surface area contributed by atoms with Gasteiger partial charge in [0.1, 0.15) is 12.4 Å². The van der Waals surface area contributed by atoms with Crippen LogP contribution < -0.4 is 4.74 Å². The molecule has 0 saturated heterocycles. The van der Waals surface area contributed by atoms with E-state index in [1.807, 2.05) is 0 Å². The molecule has 0 bridgehead atoms. The van der Waals surface area contributed by atoms with Crippen LogP contribution in [0.15, 0.2) is 24.3 Å². The van der Waals surface area contributed by atoms with E-state index < -0.39 is 0 Å². The number of esters is 1. The van der Waals surface area contributed by atoms with Gasteiger partial charge < -0.3 is 9.47 Å². The van der Waals surface area contributed by atoms with E-state index in [4.69, 9.17) is 21.1 Å². The van der Waals surface area contributed by atoms with E-state index in [0.29, 0.717) is 17.4 Å². The summed E-state index contributed by atoms with van der Waals surface area (Å²) in [5, 5.41) is 0.607. The zero-order valence-corrected chi connectivity index (χ0v) is 10.9. The Hall–Kier alpha value is -1.55. The number of hydrogen-bond donors (Lipinski definition) is 0. The molecule has 0 aliphatic carbocycles. The second kappa shape index (κ2) is 7.71. The summed E-state index contributed by atoms with van der Waals surface area (Å²) >= 11 is 5.71. The summed E-state index contributed by atoms with van der Waals surface area (Å²) in [5.41, 5.74) is 0. The van der Waals surface area contributed by atoms with Crippen molar-refractivity contribution in [3.05, 3.63) is 29.3 Å². The summed E-state index contributed by atoms with van der Waals surface area (Å²) in [6.45, 7) is 2.00. The molecule has 4 nitrogen and oxygen atoms in total. The third kappa shape index (κ3) is 5.68. The van der Waals surface area contributed by atoms with Crippen LogP contribution in [0.2, 0.25) is 5.02 Å². The predicted molar refractivity (Wildman–Crippen MR) is 67.8 cm³/mol. The van der Waals surface area contributed by atoms with Crippen molar-refractivity contribution in [3.8, 4) is 5.75 Å². The molecular weight excluding hydrogens is 256 g/mol. The fourth-order valence-corrected chi connectivity index (χ4v) is 1.37. The third-order valence-corrected chi connectivity index (χ3v) is 2.38. The van der Waals surface area contributed by atoms with Gasteiger partial charge in [0.2, 0.25) is 0 Å². The Balaban J connectivity index is 2.24. The summed E-state index contributed by atoms with van der Waals surface area (Å²) < 4.78 is 9.98. The van der Waals surface area contributed by atoms with Crippen molar-refractivity contribution in [1.82, 2.24) is 0 Å². The van der Waals surface area contributed by atoms with Crippen molar-refractivity contribution in [1.29, 1.82) is 0 Å². The van der Waals surface area contributed by atoms with Gasteiger partial charge in [-0.25, -0.2) is 0 Å². The van der Waals surface area contributed by atoms with Gasteiger partial charge in [0.15, 0.2) is 5.78 Å². The van der Waals surface area contributed by atoms with E-state index in [0.717, 1.165) is 0 Å². The highest BCUT2D eigenvalue weighted by Gasteiger charge is 2.08. The van der Waals surface area contributed by atoms with Crippen molar-refractivity contribution in [3.63, 3.8) is 0 Å². The van der Waals surface area contributed by atoms with Gasteiger partial charge in [-0.05, 0) is 31.2 Å². The Labute approximate surface area is 111 Å². The van der Waals surface area contributed by atoms with Gasteiger partial charge in [0.25, 0.3) is 0 Å². The minimum absolute atomic E-state index is 0.0545. The van der Waals surface area contributed by atoms with Crippen molar-refractivity contribution >= 4 is 23.4 Å². The average molecular weight is 271 g/mol. The van der Waals surface area contributed by atoms with Crippen LogP contribution in [-0.2, 0) is 14.3 Å². The molecule has 0 spiro atoms. The molecule has 0 atom stereocenters. The van der Waals surface area contributed by atoms with E-state index in [9.17, 15) is 9.59 Å². The second-order valence-corrected chi connectivity index (χ2v) is 4.02. The van der Waals surface area contributed by atoms with Crippen LogP contribution in [0.4, 0.5) is 0 Å². The number of ketones is 1. The summed E-state index contributed by atoms with van der Waals surface area (Å²) in [6.07, 6.45) is 0.225. The van der Waals surface area contributed by atoms with Crippen molar-refractivity contribution < 1.29 is 19.1 Å². The molecule has 0 aliphatic heterocycles. The summed E-state index contributed by atoms with van der Waals surface area (Å²) in [5.74, 6) is 0.0687. The van der Waals surface area contributed by atoms with E-state index in [2.05, 4.69) is 0 Å². The lowest BCUT2D eigenvalue weighted by molar-refractivity contribution is -0.144. The van der Waals surface area contributed by atoms with E-state index in [-0.39, 0.29) is 31.2 Å². The van der Waals surface area contributed by atoms with Crippen molar-refractivity contribution in [2.45, 2.75) is 19.8 Å². The molecule has 0 saturated carbocycles. The highest BCUT2D eigenvalue weighted by Crippen LogP contribution is 2.15. The summed E-state index contributed by atoms with van der Waals surface area (Å²) in [6, 6.07) is 6.72. The molecule has 98 valence electrons. The van der Waals surface area contributed by atoms with Crippen LogP contribution in [0.3, 0.4) is 0 Å². The van der Waals surface area contributed by atoms with Gasteiger partial charge in [0.05, 0.1) is 13.0 Å². The topological polar surface area (TPSA) is 52.6 Å². The number of Topliss-reactive ketones (excluding diaryl/α,β-unsaturated/α-hetero) is 1. The Morgan fingerprint density at radius 3 is 2.44 bits per heavy atom. The quantitative estimate of drug-likeness (QED) is 0.715. The second-order valence-electron chi connectivity index (χ2n) is 3.59. The first-order valence-electron chi connectivity index (χ1n) is 5.67. The van der Waals surface area contributed by atoms with Gasteiger partial charge in [-0.1, -0.05) is 11.6 Å². The standard InChI is InChI=1S/C13H15ClO4/c1-2-17-13(16)8-5-11(15)9-18-12-6-3-10(14)4-7-12/h3-4,6-7H,2,5,8-9H2,1H3. The number of ether oxygens (including phenoxy) is 2. The Morgan fingerprint density at radius 2 is 1.83 bits per heavy atom. The normalized spacial score (nSPS) is 9.89. The maximum Gasteiger partial charge on any atom is 0.306 e. The molecule has 1 aromatic rings. The smallest absolute Gasteiger partial charge is 0.306 e. The number of halogens is 1. The van der Waals surface area contributed by atoms with Gasteiger partial charge in [-0.15, -0.1) is 0 Å². The lowest BCUT2D eigenvalue weighted by Gasteiger charge is -2.05. The molecule has 1 aromatic carbocycles. The van der Waals surface area contributed by atoms with E-state index >= 15 is 0 Å². The summed E-state index contributed by atoms with van der Waals surface area (Å²) in [4.78, 5) is 22.5. The molecule has 1 rings (SSSR count). The largest absolute Gasteiger partial charge is 0.486 e. The minimum Gasteiger partial charge on any atom is -0.486 e. The Kier molecular flexibility index (Phi) is 6.22. The molecule has 18 heavy (non-hydrogen) atoms. The number of hydrogen-bond acceptors (Lipinski definition) is 4. The van der Waals surface area contributed by atoms with Crippen LogP contribution in [0.25, 0.3) is 0 Å². The highest BCUT2D eigenvalue weighted by molar-refractivity contribution is 6.30. The summed E-state index contributed by atoms with van der Waals surface area (Å²) in [7, 11) is 0. The number of carbonyl (C=O) groups is 2. The first kappa shape index (κ1) is 14.5. The van der Waals surface area contributed by atoms with E-state index in [1.54, 1.807) is 31.2 Å². The highest BCUT2D eigenvalue weighted by atomic mass is 35.5. The molecule has 0 unspecified atom stereocenters. The molecule has 0 aliphatic rings. The number of rotatable bonds is 7. The lowest BCUT2D eigenvalue weighted by Crippen LogP contribution is -2.14. The van der Waals surface area contributed by atoms with Crippen LogP contribution in [0.1, 0.15) is 19.8 Å². The molecular formula is C13H15ClO4. The average Bonchev–Trinajstić information content (AvgIpc) is 2.36.